The molecule has 1 unspecified atom stereocenters. The highest BCUT2D eigenvalue weighted by molar-refractivity contribution is 7.89. The number of nitrogens with zero attached hydrogens (tertiary/aromatic N) is 1. The summed E-state index contributed by atoms with van der Waals surface area (Å²) >= 11 is 0. The fourth-order valence-electron chi connectivity index (χ4n) is 3.66. The van der Waals surface area contributed by atoms with Crippen molar-refractivity contribution >= 4 is 21.6 Å². The first-order valence-electron chi connectivity index (χ1n) is 9.76. The molecule has 156 valence electrons. The van der Waals surface area contributed by atoms with E-state index in [1.807, 2.05) is 39.0 Å². The third kappa shape index (κ3) is 4.46. The molecule has 0 radical (unpaired) electrons. The van der Waals surface area contributed by atoms with Gasteiger partial charge in [0, 0.05) is 18.8 Å². The van der Waals surface area contributed by atoms with Crippen LogP contribution in [0.2, 0.25) is 0 Å². The Hall–Kier alpha value is -2.38. The Morgan fingerprint density at radius 2 is 1.90 bits per heavy atom. The SMILES string of the molecule is COc1ccc(S(=O)(=O)N2CCCC(C(=O)Nc3cccc(C)c3C)C2)cc1C. The second kappa shape index (κ2) is 8.55. The molecule has 6 nitrogen and oxygen atoms in total. The number of ether oxygens (including phenoxy) is 1. The molecule has 1 saturated heterocycles. The van der Waals surface area contributed by atoms with Crippen molar-refractivity contribution in [2.75, 3.05) is 25.5 Å². The second-order valence-corrected chi connectivity index (χ2v) is 9.51. The van der Waals surface area contributed by atoms with E-state index in [4.69, 9.17) is 4.74 Å². The summed E-state index contributed by atoms with van der Waals surface area (Å²) in [5, 5.41) is 2.98. The molecular weight excluding hydrogens is 388 g/mol. The van der Waals surface area contributed by atoms with E-state index in [-0.39, 0.29) is 23.3 Å². The van der Waals surface area contributed by atoms with E-state index in [0.29, 0.717) is 25.1 Å². The first kappa shape index (κ1) is 21.3. The molecule has 0 aliphatic carbocycles. The molecule has 1 amide bonds. The summed E-state index contributed by atoms with van der Waals surface area (Å²) < 4.78 is 32.9. The van der Waals surface area contributed by atoms with Gasteiger partial charge in [-0.3, -0.25) is 4.79 Å². The zero-order chi connectivity index (χ0) is 21.2. The lowest BCUT2D eigenvalue weighted by atomic mass is 9.98. The van der Waals surface area contributed by atoms with Crippen molar-refractivity contribution in [2.24, 2.45) is 5.92 Å². The Balaban J connectivity index is 1.76. The maximum Gasteiger partial charge on any atom is 0.243 e. The van der Waals surface area contributed by atoms with Crippen LogP contribution in [-0.4, -0.2) is 38.8 Å². The zero-order valence-corrected chi connectivity index (χ0v) is 18.2. The van der Waals surface area contributed by atoms with Gasteiger partial charge in [0.15, 0.2) is 0 Å². The minimum Gasteiger partial charge on any atom is -0.496 e. The lowest BCUT2D eigenvalue weighted by Crippen LogP contribution is -2.43. The minimum atomic E-state index is -3.67. The van der Waals surface area contributed by atoms with Crippen molar-refractivity contribution in [2.45, 2.75) is 38.5 Å². The third-order valence-corrected chi connectivity index (χ3v) is 7.48. The molecule has 7 heteroatoms. The van der Waals surface area contributed by atoms with Crippen molar-refractivity contribution in [1.82, 2.24) is 4.31 Å². The molecule has 3 rings (SSSR count). The summed E-state index contributed by atoms with van der Waals surface area (Å²) in [7, 11) is -2.11. The summed E-state index contributed by atoms with van der Waals surface area (Å²) in [6.07, 6.45) is 1.32. The smallest absolute Gasteiger partial charge is 0.243 e. The number of nitrogens with one attached hydrogen (secondary N) is 1. The van der Waals surface area contributed by atoms with Gasteiger partial charge >= 0.3 is 0 Å². The standard InChI is InChI=1S/C22H28N2O4S/c1-15-7-5-9-20(17(15)3)23-22(25)18-8-6-12-24(14-18)29(26,27)19-10-11-21(28-4)16(2)13-19/h5,7,9-11,13,18H,6,8,12,14H2,1-4H3,(H,23,25). The number of hydrogen-bond donors (Lipinski definition) is 1. The van der Waals surface area contributed by atoms with E-state index in [0.717, 1.165) is 22.4 Å². The number of carbonyl (C=O) groups excluding carboxylic acids is 1. The number of rotatable bonds is 5. The largest absolute Gasteiger partial charge is 0.496 e. The van der Waals surface area contributed by atoms with Crippen molar-refractivity contribution < 1.29 is 17.9 Å². The van der Waals surface area contributed by atoms with Crippen LogP contribution in [0.15, 0.2) is 41.3 Å². The van der Waals surface area contributed by atoms with Crippen LogP contribution in [0.3, 0.4) is 0 Å². The molecule has 1 N–H and O–H groups in total. The number of benzene rings is 2. The summed E-state index contributed by atoms with van der Waals surface area (Å²) in [6.45, 7) is 6.38. The summed E-state index contributed by atoms with van der Waals surface area (Å²) in [6, 6.07) is 10.6. The highest BCUT2D eigenvalue weighted by atomic mass is 32.2. The molecule has 0 saturated carbocycles. The minimum absolute atomic E-state index is 0.135. The molecule has 29 heavy (non-hydrogen) atoms. The van der Waals surface area contributed by atoms with Crippen molar-refractivity contribution in [3.63, 3.8) is 0 Å². The number of amides is 1. The molecular formula is C22H28N2O4S. The number of methoxy groups -OCH3 is 1. The van der Waals surface area contributed by atoms with Gasteiger partial charge in [-0.05, 0) is 74.6 Å². The Labute approximate surface area is 172 Å². The van der Waals surface area contributed by atoms with Gasteiger partial charge in [-0.1, -0.05) is 12.1 Å². The van der Waals surface area contributed by atoms with Gasteiger partial charge in [-0.15, -0.1) is 0 Å². The number of sulfonamides is 1. The predicted molar refractivity (Wildman–Crippen MR) is 114 cm³/mol. The van der Waals surface area contributed by atoms with E-state index in [1.54, 1.807) is 25.3 Å². The van der Waals surface area contributed by atoms with Crippen molar-refractivity contribution in [1.29, 1.82) is 0 Å². The number of piperidine rings is 1. The fraction of sp³-hybridized carbons (Fsp3) is 0.409. The maximum absolute atomic E-state index is 13.1. The van der Waals surface area contributed by atoms with Crippen LogP contribution in [0.5, 0.6) is 5.75 Å². The summed E-state index contributed by atoms with van der Waals surface area (Å²) in [5.74, 6) is 0.135. The van der Waals surface area contributed by atoms with Crippen LogP contribution in [0.1, 0.15) is 29.5 Å². The lowest BCUT2D eigenvalue weighted by Gasteiger charge is -2.31. The monoisotopic (exact) mass is 416 g/mol. The number of hydrogen-bond acceptors (Lipinski definition) is 4. The van der Waals surface area contributed by atoms with Crippen LogP contribution < -0.4 is 10.1 Å². The summed E-state index contributed by atoms with van der Waals surface area (Å²) in [5.41, 5.74) is 3.66. The van der Waals surface area contributed by atoms with Gasteiger partial charge in [0.1, 0.15) is 5.75 Å². The average molecular weight is 417 g/mol. The van der Waals surface area contributed by atoms with Crippen molar-refractivity contribution in [3.8, 4) is 5.75 Å². The normalized spacial score (nSPS) is 17.7. The van der Waals surface area contributed by atoms with Crippen LogP contribution >= 0.6 is 0 Å². The summed E-state index contributed by atoms with van der Waals surface area (Å²) in [4.78, 5) is 13.1. The quantitative estimate of drug-likeness (QED) is 0.807. The average Bonchev–Trinajstić information content (AvgIpc) is 2.71. The van der Waals surface area contributed by atoms with Gasteiger partial charge < -0.3 is 10.1 Å². The van der Waals surface area contributed by atoms with E-state index in [1.165, 1.54) is 4.31 Å². The van der Waals surface area contributed by atoms with Crippen molar-refractivity contribution in [3.05, 3.63) is 53.1 Å². The molecule has 1 fully saturated rings. The third-order valence-electron chi connectivity index (χ3n) is 5.62. The van der Waals surface area contributed by atoms with Crippen LogP contribution in [0.25, 0.3) is 0 Å². The molecule has 1 aliphatic rings. The highest BCUT2D eigenvalue weighted by Gasteiger charge is 2.33. The molecule has 2 aromatic carbocycles. The topological polar surface area (TPSA) is 75.7 Å². The highest BCUT2D eigenvalue weighted by Crippen LogP contribution is 2.28. The molecule has 2 aromatic rings. The Morgan fingerprint density at radius 1 is 1.14 bits per heavy atom. The predicted octanol–water partition coefficient (Wildman–Crippen LogP) is 3.66. The van der Waals surface area contributed by atoms with Crippen LogP contribution in [-0.2, 0) is 14.8 Å². The Kier molecular flexibility index (Phi) is 6.29. The molecule has 1 atom stereocenters. The van der Waals surface area contributed by atoms with E-state index >= 15 is 0 Å². The first-order valence-corrected chi connectivity index (χ1v) is 11.2. The van der Waals surface area contributed by atoms with Gasteiger partial charge in [0.25, 0.3) is 0 Å². The molecule has 1 heterocycles. The fourth-order valence-corrected chi connectivity index (χ4v) is 5.27. The molecule has 0 spiro atoms. The molecule has 0 aromatic heterocycles. The molecule has 0 bridgehead atoms. The van der Waals surface area contributed by atoms with Crippen LogP contribution in [0, 0.1) is 26.7 Å². The number of carbonyl (C=O) groups is 1. The second-order valence-electron chi connectivity index (χ2n) is 7.57. The van der Waals surface area contributed by atoms with E-state index in [2.05, 4.69) is 5.32 Å². The first-order chi connectivity index (χ1) is 13.7. The zero-order valence-electron chi connectivity index (χ0n) is 17.4. The Bertz CT molecular complexity index is 1020. The van der Waals surface area contributed by atoms with Gasteiger partial charge in [-0.25, -0.2) is 8.42 Å². The van der Waals surface area contributed by atoms with E-state index in [9.17, 15) is 13.2 Å². The van der Waals surface area contributed by atoms with Gasteiger partial charge in [0.2, 0.25) is 15.9 Å². The Morgan fingerprint density at radius 3 is 2.59 bits per heavy atom. The maximum atomic E-state index is 13.1. The number of anilines is 1. The van der Waals surface area contributed by atoms with Gasteiger partial charge in [-0.2, -0.15) is 4.31 Å². The number of aryl methyl sites for hydroxylation is 2. The lowest BCUT2D eigenvalue weighted by molar-refractivity contribution is -0.120. The van der Waals surface area contributed by atoms with E-state index < -0.39 is 10.0 Å². The van der Waals surface area contributed by atoms with Gasteiger partial charge in [0.05, 0.1) is 17.9 Å². The molecule has 1 aliphatic heterocycles. The van der Waals surface area contributed by atoms with Crippen LogP contribution in [0.4, 0.5) is 5.69 Å².